The summed E-state index contributed by atoms with van der Waals surface area (Å²) >= 11 is 0. The van der Waals surface area contributed by atoms with Crippen molar-refractivity contribution in [2.24, 2.45) is 0 Å². The van der Waals surface area contributed by atoms with Crippen LogP contribution in [-0.4, -0.2) is 52.3 Å². The highest BCUT2D eigenvalue weighted by Gasteiger charge is 2.33. The first kappa shape index (κ1) is 17.2. The third kappa shape index (κ3) is 4.67. The van der Waals surface area contributed by atoms with Crippen molar-refractivity contribution < 1.29 is 14.3 Å². The number of nitrogens with zero attached hydrogens (tertiary/aromatic N) is 3. The quantitative estimate of drug-likeness (QED) is 0.756. The molecule has 3 rings (SSSR count). The van der Waals surface area contributed by atoms with E-state index in [2.05, 4.69) is 10.4 Å². The highest BCUT2D eigenvalue weighted by Crippen LogP contribution is 2.13. The number of nitrogens with one attached hydrogen (secondary N) is 1. The average molecular weight is 342 g/mol. The number of aromatic nitrogens is 2. The molecule has 25 heavy (non-hydrogen) atoms. The molecule has 2 aromatic rings. The molecule has 0 aliphatic carbocycles. The molecule has 1 fully saturated rings. The zero-order valence-electron chi connectivity index (χ0n) is 14.0. The summed E-state index contributed by atoms with van der Waals surface area (Å²) < 4.78 is 7.10. The maximum Gasteiger partial charge on any atom is 0.249 e. The number of hydrogen-bond donors (Lipinski definition) is 1. The van der Waals surface area contributed by atoms with Crippen molar-refractivity contribution in [2.45, 2.75) is 25.6 Å². The van der Waals surface area contributed by atoms with E-state index >= 15 is 0 Å². The molecule has 1 aromatic heterocycles. The Kier molecular flexibility index (Phi) is 5.79. The van der Waals surface area contributed by atoms with Crippen molar-refractivity contribution in [2.75, 3.05) is 19.8 Å². The summed E-state index contributed by atoms with van der Waals surface area (Å²) in [5.41, 5.74) is 0.995. The fourth-order valence-electron chi connectivity index (χ4n) is 2.80. The van der Waals surface area contributed by atoms with Crippen molar-refractivity contribution in [1.82, 2.24) is 20.0 Å². The highest BCUT2D eigenvalue weighted by molar-refractivity contribution is 5.89. The molecule has 0 saturated carbocycles. The largest absolute Gasteiger partial charge is 0.369 e. The zero-order valence-corrected chi connectivity index (χ0v) is 14.0. The van der Waals surface area contributed by atoms with Crippen LogP contribution >= 0.6 is 0 Å². The van der Waals surface area contributed by atoms with Gasteiger partial charge in [0.25, 0.3) is 0 Å². The van der Waals surface area contributed by atoms with Crippen LogP contribution in [0.15, 0.2) is 48.8 Å². The fourth-order valence-corrected chi connectivity index (χ4v) is 2.80. The lowest BCUT2D eigenvalue weighted by molar-refractivity contribution is -0.155. The number of ether oxygens (including phenoxy) is 1. The van der Waals surface area contributed by atoms with Gasteiger partial charge in [-0.25, -0.2) is 0 Å². The van der Waals surface area contributed by atoms with Gasteiger partial charge in [-0.15, -0.1) is 0 Å². The van der Waals surface area contributed by atoms with E-state index < -0.39 is 6.04 Å². The normalized spacial score (nSPS) is 17.5. The van der Waals surface area contributed by atoms with E-state index in [9.17, 15) is 9.59 Å². The minimum Gasteiger partial charge on any atom is -0.369 e. The second-order valence-corrected chi connectivity index (χ2v) is 5.95. The van der Waals surface area contributed by atoms with Crippen molar-refractivity contribution in [3.05, 3.63) is 54.4 Å². The molecule has 0 unspecified atom stereocenters. The lowest BCUT2D eigenvalue weighted by Gasteiger charge is -2.34. The lowest BCUT2D eigenvalue weighted by Crippen LogP contribution is -2.56. The minimum atomic E-state index is -0.592. The predicted molar refractivity (Wildman–Crippen MR) is 91.5 cm³/mol. The number of carbonyl (C=O) groups is 2. The van der Waals surface area contributed by atoms with E-state index in [0.717, 1.165) is 18.5 Å². The van der Waals surface area contributed by atoms with Gasteiger partial charge >= 0.3 is 0 Å². The lowest BCUT2D eigenvalue weighted by atomic mass is 10.1. The van der Waals surface area contributed by atoms with Gasteiger partial charge in [-0.2, -0.15) is 5.10 Å². The molecule has 1 saturated heterocycles. The summed E-state index contributed by atoms with van der Waals surface area (Å²) in [6, 6.07) is 10.9. The highest BCUT2D eigenvalue weighted by atomic mass is 16.5. The molecule has 7 nitrogen and oxygen atoms in total. The van der Waals surface area contributed by atoms with Crippen molar-refractivity contribution in [1.29, 1.82) is 0 Å². The van der Waals surface area contributed by atoms with Crippen LogP contribution in [0.3, 0.4) is 0 Å². The number of rotatable bonds is 7. The van der Waals surface area contributed by atoms with Gasteiger partial charge in [0.05, 0.1) is 6.61 Å². The Balaban J connectivity index is 1.53. The Morgan fingerprint density at radius 1 is 1.28 bits per heavy atom. The van der Waals surface area contributed by atoms with Gasteiger partial charge in [-0.3, -0.25) is 14.3 Å². The number of carbonyl (C=O) groups excluding carboxylic acids is 2. The van der Waals surface area contributed by atoms with E-state index in [1.807, 2.05) is 47.3 Å². The molecule has 1 aliphatic rings. The number of amides is 2. The van der Waals surface area contributed by atoms with Gasteiger partial charge in [0.2, 0.25) is 11.8 Å². The fraction of sp³-hybridized carbons (Fsp3) is 0.389. The number of morpholine rings is 1. The van der Waals surface area contributed by atoms with Crippen LogP contribution in [0.1, 0.15) is 12.0 Å². The SMILES string of the molecule is O=C(NCCCn1cccn1)[C@H]1COCC(=O)N1Cc1ccccc1. The average Bonchev–Trinajstić information content (AvgIpc) is 3.15. The van der Waals surface area contributed by atoms with Crippen LogP contribution in [0, 0.1) is 0 Å². The van der Waals surface area contributed by atoms with Gasteiger partial charge in [-0.1, -0.05) is 30.3 Å². The maximum absolute atomic E-state index is 12.5. The van der Waals surface area contributed by atoms with Crippen LogP contribution < -0.4 is 5.32 Å². The Hall–Kier alpha value is -2.67. The molecule has 0 radical (unpaired) electrons. The van der Waals surface area contributed by atoms with E-state index in [0.29, 0.717) is 13.1 Å². The van der Waals surface area contributed by atoms with E-state index in [1.54, 1.807) is 11.1 Å². The number of hydrogen-bond acceptors (Lipinski definition) is 4. The van der Waals surface area contributed by atoms with Crippen LogP contribution in [0.2, 0.25) is 0 Å². The second-order valence-electron chi connectivity index (χ2n) is 5.95. The molecule has 1 N–H and O–H groups in total. The van der Waals surface area contributed by atoms with Crippen molar-refractivity contribution in [3.63, 3.8) is 0 Å². The van der Waals surface area contributed by atoms with Gasteiger partial charge < -0.3 is 15.0 Å². The Morgan fingerprint density at radius 3 is 2.88 bits per heavy atom. The maximum atomic E-state index is 12.5. The molecular formula is C18H22N4O3. The minimum absolute atomic E-state index is 0.0237. The summed E-state index contributed by atoms with van der Waals surface area (Å²) in [6.45, 7) is 1.93. The van der Waals surface area contributed by atoms with Crippen LogP contribution in [0.4, 0.5) is 0 Å². The first-order valence-corrected chi connectivity index (χ1v) is 8.40. The summed E-state index contributed by atoms with van der Waals surface area (Å²) in [4.78, 5) is 26.3. The Labute approximate surface area is 146 Å². The molecule has 2 heterocycles. The Bertz CT molecular complexity index is 688. The summed E-state index contributed by atoms with van der Waals surface area (Å²) in [5, 5.41) is 7.02. The van der Waals surface area contributed by atoms with Crippen LogP contribution in [-0.2, 0) is 27.4 Å². The predicted octanol–water partition coefficient (Wildman–Crippen LogP) is 0.817. The molecule has 1 aliphatic heterocycles. The van der Waals surface area contributed by atoms with E-state index in [1.165, 1.54) is 0 Å². The van der Waals surface area contributed by atoms with E-state index in [-0.39, 0.29) is 25.0 Å². The van der Waals surface area contributed by atoms with Gasteiger partial charge in [0.1, 0.15) is 12.6 Å². The third-order valence-electron chi connectivity index (χ3n) is 4.12. The summed E-state index contributed by atoms with van der Waals surface area (Å²) in [6.07, 6.45) is 4.38. The molecule has 0 bridgehead atoms. The number of benzene rings is 1. The third-order valence-corrected chi connectivity index (χ3v) is 4.12. The number of aryl methyl sites for hydroxylation is 1. The first-order valence-electron chi connectivity index (χ1n) is 8.40. The van der Waals surface area contributed by atoms with Gasteiger partial charge in [-0.05, 0) is 18.1 Å². The molecule has 7 heteroatoms. The van der Waals surface area contributed by atoms with Crippen molar-refractivity contribution in [3.8, 4) is 0 Å². The van der Waals surface area contributed by atoms with E-state index in [4.69, 9.17) is 4.74 Å². The summed E-state index contributed by atoms with van der Waals surface area (Å²) in [7, 11) is 0. The Morgan fingerprint density at radius 2 is 2.12 bits per heavy atom. The standard InChI is InChI=1S/C18H22N4O3/c23-17-14-25-13-16(22(17)12-15-6-2-1-3-7-15)18(24)19-8-4-10-21-11-5-9-20-21/h1-3,5-7,9,11,16H,4,8,10,12-14H2,(H,19,24)/t16-/m1/s1. The van der Waals surface area contributed by atoms with Gasteiger partial charge in [0.15, 0.2) is 0 Å². The van der Waals surface area contributed by atoms with Gasteiger partial charge in [0, 0.05) is 32.0 Å². The molecular weight excluding hydrogens is 320 g/mol. The molecule has 1 atom stereocenters. The van der Waals surface area contributed by atoms with Crippen molar-refractivity contribution >= 4 is 11.8 Å². The first-order chi connectivity index (χ1) is 12.2. The molecule has 2 amide bonds. The zero-order chi connectivity index (χ0) is 17.5. The topological polar surface area (TPSA) is 76.5 Å². The summed E-state index contributed by atoms with van der Waals surface area (Å²) in [5.74, 6) is -0.337. The van der Waals surface area contributed by atoms with Crippen LogP contribution in [0.25, 0.3) is 0 Å². The smallest absolute Gasteiger partial charge is 0.249 e. The van der Waals surface area contributed by atoms with Crippen LogP contribution in [0.5, 0.6) is 0 Å². The monoisotopic (exact) mass is 342 g/mol. The molecule has 1 aromatic carbocycles. The molecule has 0 spiro atoms. The molecule has 132 valence electrons. The second kappa shape index (κ2) is 8.43.